The highest BCUT2D eigenvalue weighted by Gasteiger charge is 2.07. The Morgan fingerprint density at radius 2 is 2.18 bits per heavy atom. The van der Waals surface area contributed by atoms with Gasteiger partial charge in [0.2, 0.25) is 0 Å². The number of aliphatic hydroxyl groups excluding tert-OH is 1. The van der Waals surface area contributed by atoms with E-state index < -0.39 is 5.97 Å². The number of benzene rings is 1. The van der Waals surface area contributed by atoms with Crippen molar-refractivity contribution in [2.75, 3.05) is 7.11 Å². The summed E-state index contributed by atoms with van der Waals surface area (Å²) in [5.41, 5.74) is 0.800. The number of hydrogen-bond acceptors (Lipinski definition) is 5. The van der Waals surface area contributed by atoms with Crippen molar-refractivity contribution in [2.45, 2.75) is 13.5 Å². The molecule has 0 heterocycles. The van der Waals surface area contributed by atoms with Crippen LogP contribution in [0.15, 0.2) is 30.0 Å². The minimum atomic E-state index is -0.598. The zero-order valence-corrected chi connectivity index (χ0v) is 9.64. The predicted octanol–water partition coefficient (Wildman–Crippen LogP) is 1.91. The van der Waals surface area contributed by atoms with Gasteiger partial charge in [-0.1, -0.05) is 6.07 Å². The molecule has 0 amide bonds. The Bertz CT molecular complexity index is 437. The molecule has 5 nitrogen and oxygen atoms in total. The van der Waals surface area contributed by atoms with Crippen molar-refractivity contribution < 1.29 is 24.5 Å². The lowest BCUT2D eigenvalue weighted by molar-refractivity contribution is -0.140. The Morgan fingerprint density at radius 3 is 2.76 bits per heavy atom. The molecule has 0 fully saturated rings. The van der Waals surface area contributed by atoms with Crippen molar-refractivity contribution in [3.05, 3.63) is 35.6 Å². The molecule has 0 bridgehead atoms. The number of phenols is 1. The molecule has 92 valence electrons. The quantitative estimate of drug-likeness (QED) is 0.476. The van der Waals surface area contributed by atoms with Gasteiger partial charge in [-0.2, -0.15) is 0 Å². The maximum atomic E-state index is 11.2. The monoisotopic (exact) mass is 238 g/mol. The first kappa shape index (κ1) is 12.9. The third kappa shape index (κ3) is 3.41. The number of esters is 1. The number of aromatic hydroxyl groups is 1. The molecule has 1 aromatic rings. The van der Waals surface area contributed by atoms with Crippen LogP contribution in [0.4, 0.5) is 0 Å². The molecule has 0 radical (unpaired) electrons. The SMILES string of the molecule is COc1cc(COC(=O)C(C)=CO)ccc1O. The van der Waals surface area contributed by atoms with Crippen molar-refractivity contribution in [1.82, 2.24) is 0 Å². The summed E-state index contributed by atoms with van der Waals surface area (Å²) in [5.74, 6) is -0.262. The standard InChI is InChI=1S/C12H14O5/c1-8(6-13)12(15)17-7-9-3-4-10(14)11(5-9)16-2/h3-6,13-14H,7H2,1-2H3. The van der Waals surface area contributed by atoms with E-state index in [1.807, 2.05) is 0 Å². The van der Waals surface area contributed by atoms with Gasteiger partial charge in [-0.15, -0.1) is 0 Å². The molecule has 0 atom stereocenters. The van der Waals surface area contributed by atoms with Crippen LogP contribution < -0.4 is 4.74 Å². The average molecular weight is 238 g/mol. The summed E-state index contributed by atoms with van der Waals surface area (Å²) in [6.07, 6.45) is 0.694. The lowest BCUT2D eigenvalue weighted by Gasteiger charge is -2.07. The smallest absolute Gasteiger partial charge is 0.337 e. The van der Waals surface area contributed by atoms with E-state index >= 15 is 0 Å². The van der Waals surface area contributed by atoms with Crippen LogP contribution in [-0.2, 0) is 16.1 Å². The molecule has 1 rings (SSSR count). The summed E-state index contributed by atoms with van der Waals surface area (Å²) in [6.45, 7) is 1.49. The van der Waals surface area contributed by atoms with Crippen LogP contribution in [0.25, 0.3) is 0 Å². The van der Waals surface area contributed by atoms with Crippen molar-refractivity contribution in [3.63, 3.8) is 0 Å². The van der Waals surface area contributed by atoms with Crippen molar-refractivity contribution in [3.8, 4) is 11.5 Å². The van der Waals surface area contributed by atoms with Crippen LogP contribution >= 0.6 is 0 Å². The van der Waals surface area contributed by atoms with E-state index in [1.54, 1.807) is 12.1 Å². The van der Waals surface area contributed by atoms with Gasteiger partial charge in [-0.25, -0.2) is 4.79 Å². The fourth-order valence-corrected chi connectivity index (χ4v) is 1.13. The fraction of sp³-hybridized carbons (Fsp3) is 0.250. The van der Waals surface area contributed by atoms with Crippen LogP contribution in [0.5, 0.6) is 11.5 Å². The van der Waals surface area contributed by atoms with Gasteiger partial charge in [0, 0.05) is 0 Å². The van der Waals surface area contributed by atoms with Gasteiger partial charge in [0.25, 0.3) is 0 Å². The number of carbonyl (C=O) groups is 1. The largest absolute Gasteiger partial charge is 0.515 e. The molecule has 0 aliphatic carbocycles. The summed E-state index contributed by atoms with van der Waals surface area (Å²) >= 11 is 0. The summed E-state index contributed by atoms with van der Waals surface area (Å²) in [6, 6.07) is 4.64. The Hall–Kier alpha value is -2.17. The number of aliphatic hydroxyl groups is 1. The molecule has 17 heavy (non-hydrogen) atoms. The van der Waals surface area contributed by atoms with E-state index in [0.29, 0.717) is 17.6 Å². The Labute approximate surface area is 98.9 Å². The fourth-order valence-electron chi connectivity index (χ4n) is 1.13. The van der Waals surface area contributed by atoms with Crippen molar-refractivity contribution in [2.24, 2.45) is 0 Å². The normalized spacial score (nSPS) is 11.1. The first-order valence-electron chi connectivity index (χ1n) is 4.92. The lowest BCUT2D eigenvalue weighted by atomic mass is 10.2. The molecule has 0 saturated heterocycles. The summed E-state index contributed by atoms with van der Waals surface area (Å²) in [7, 11) is 1.43. The number of ether oxygens (including phenoxy) is 2. The summed E-state index contributed by atoms with van der Waals surface area (Å²) in [5, 5.41) is 18.0. The van der Waals surface area contributed by atoms with Gasteiger partial charge in [0.15, 0.2) is 11.5 Å². The Morgan fingerprint density at radius 1 is 1.47 bits per heavy atom. The molecule has 0 aromatic heterocycles. The van der Waals surface area contributed by atoms with E-state index in [1.165, 1.54) is 20.1 Å². The maximum absolute atomic E-state index is 11.2. The van der Waals surface area contributed by atoms with Gasteiger partial charge in [0.05, 0.1) is 18.9 Å². The zero-order chi connectivity index (χ0) is 12.8. The highest BCUT2D eigenvalue weighted by Crippen LogP contribution is 2.26. The average Bonchev–Trinajstić information content (AvgIpc) is 2.36. The number of rotatable bonds is 4. The van der Waals surface area contributed by atoms with E-state index in [4.69, 9.17) is 14.6 Å². The number of methoxy groups -OCH3 is 1. The van der Waals surface area contributed by atoms with Gasteiger partial charge in [-0.3, -0.25) is 0 Å². The minimum absolute atomic E-state index is 0.0222. The second-order valence-corrected chi connectivity index (χ2v) is 3.39. The highest BCUT2D eigenvalue weighted by molar-refractivity contribution is 5.87. The Balaban J connectivity index is 2.67. The molecular weight excluding hydrogens is 224 g/mol. The molecule has 2 N–H and O–H groups in total. The van der Waals surface area contributed by atoms with Gasteiger partial charge in [-0.05, 0) is 24.6 Å². The predicted molar refractivity (Wildman–Crippen MR) is 60.8 cm³/mol. The first-order chi connectivity index (χ1) is 8.08. The molecule has 0 aliphatic rings. The third-order valence-electron chi connectivity index (χ3n) is 2.13. The second-order valence-electron chi connectivity index (χ2n) is 3.39. The van der Waals surface area contributed by atoms with Crippen LogP contribution in [0.2, 0.25) is 0 Å². The van der Waals surface area contributed by atoms with E-state index in [0.717, 1.165) is 0 Å². The van der Waals surface area contributed by atoms with Crippen molar-refractivity contribution in [1.29, 1.82) is 0 Å². The van der Waals surface area contributed by atoms with E-state index in [-0.39, 0.29) is 17.9 Å². The summed E-state index contributed by atoms with van der Waals surface area (Å²) in [4.78, 5) is 11.2. The number of hydrogen-bond donors (Lipinski definition) is 2. The van der Waals surface area contributed by atoms with E-state index in [2.05, 4.69) is 0 Å². The minimum Gasteiger partial charge on any atom is -0.515 e. The van der Waals surface area contributed by atoms with Gasteiger partial charge < -0.3 is 19.7 Å². The first-order valence-corrected chi connectivity index (χ1v) is 4.92. The molecule has 0 saturated carbocycles. The topological polar surface area (TPSA) is 76.0 Å². The molecule has 0 aliphatic heterocycles. The zero-order valence-electron chi connectivity index (χ0n) is 9.64. The molecule has 0 unspecified atom stereocenters. The van der Waals surface area contributed by atoms with E-state index in [9.17, 15) is 9.90 Å². The maximum Gasteiger partial charge on any atom is 0.337 e. The van der Waals surface area contributed by atoms with Crippen LogP contribution in [0, 0.1) is 0 Å². The number of phenolic OH excluding ortho intramolecular Hbond substituents is 1. The Kier molecular flexibility index (Phi) is 4.39. The van der Waals surface area contributed by atoms with Gasteiger partial charge >= 0.3 is 5.97 Å². The van der Waals surface area contributed by atoms with Gasteiger partial charge in [0.1, 0.15) is 6.61 Å². The van der Waals surface area contributed by atoms with Crippen LogP contribution in [-0.4, -0.2) is 23.3 Å². The third-order valence-corrected chi connectivity index (χ3v) is 2.13. The van der Waals surface area contributed by atoms with Crippen LogP contribution in [0.3, 0.4) is 0 Å². The summed E-state index contributed by atoms with van der Waals surface area (Å²) < 4.78 is 9.83. The molecule has 1 aromatic carbocycles. The second kappa shape index (κ2) is 5.79. The van der Waals surface area contributed by atoms with Crippen molar-refractivity contribution >= 4 is 5.97 Å². The van der Waals surface area contributed by atoms with Crippen LogP contribution in [0.1, 0.15) is 12.5 Å². The highest BCUT2D eigenvalue weighted by atomic mass is 16.5. The molecule has 0 spiro atoms. The molecule has 5 heteroatoms. The lowest BCUT2D eigenvalue weighted by Crippen LogP contribution is -2.05. The molecular formula is C12H14O5. The number of carbonyl (C=O) groups excluding carboxylic acids is 1.